The third-order valence-corrected chi connectivity index (χ3v) is 12.1. The monoisotopic (exact) mass is 682 g/mol. The summed E-state index contributed by atoms with van der Waals surface area (Å²) in [6.45, 7) is 4.81. The molecule has 2 atom stereocenters. The average Bonchev–Trinajstić information content (AvgIpc) is 3.82. The van der Waals surface area contributed by atoms with E-state index in [4.69, 9.17) is 9.97 Å². The normalized spacial score (nSPS) is 18.6. The van der Waals surface area contributed by atoms with E-state index in [0.717, 1.165) is 41.1 Å². The topological polar surface area (TPSA) is 35.6 Å². The summed E-state index contributed by atoms with van der Waals surface area (Å²) in [6.07, 6.45) is 19.8. The smallest absolute Gasteiger partial charge is 0.159 e. The van der Waals surface area contributed by atoms with Gasteiger partial charge in [0.05, 0.1) is 39.6 Å². The van der Waals surface area contributed by atoms with Crippen LogP contribution in [0.25, 0.3) is 66.4 Å². The van der Waals surface area contributed by atoms with Gasteiger partial charge in [-0.05, 0) is 48.2 Å². The zero-order valence-electron chi connectivity index (χ0n) is 29.9. The van der Waals surface area contributed by atoms with Crippen molar-refractivity contribution in [2.24, 2.45) is 0 Å². The van der Waals surface area contributed by atoms with Crippen molar-refractivity contribution in [1.82, 2.24) is 19.1 Å². The highest BCUT2D eigenvalue weighted by atomic mass is 15.1. The molecule has 53 heavy (non-hydrogen) atoms. The van der Waals surface area contributed by atoms with E-state index in [2.05, 4.69) is 175 Å². The molecule has 4 heteroatoms. The Morgan fingerprint density at radius 3 is 2.26 bits per heavy atom. The van der Waals surface area contributed by atoms with E-state index in [9.17, 15) is 0 Å². The minimum Gasteiger partial charge on any atom is -0.309 e. The number of fused-ring (bicyclic) bond motifs is 11. The molecule has 0 saturated carbocycles. The molecule has 3 aromatic heterocycles. The first kappa shape index (κ1) is 30.4. The van der Waals surface area contributed by atoms with E-state index >= 15 is 0 Å². The van der Waals surface area contributed by atoms with Gasteiger partial charge in [0.1, 0.15) is 0 Å². The summed E-state index contributed by atoms with van der Waals surface area (Å²) in [5, 5.41) is 5.01. The fourth-order valence-electron chi connectivity index (χ4n) is 9.71. The van der Waals surface area contributed by atoms with E-state index < -0.39 is 0 Å². The second-order valence-corrected chi connectivity index (χ2v) is 15.3. The van der Waals surface area contributed by atoms with Crippen molar-refractivity contribution in [3.8, 4) is 22.8 Å². The van der Waals surface area contributed by atoms with Crippen LogP contribution in [-0.4, -0.2) is 19.1 Å². The Kier molecular flexibility index (Phi) is 6.52. The van der Waals surface area contributed by atoms with Gasteiger partial charge in [-0.2, -0.15) is 0 Å². The molecule has 0 bridgehead atoms. The maximum atomic E-state index is 5.40. The average molecular weight is 683 g/mol. The number of hydrogen-bond donors (Lipinski definition) is 0. The Bertz CT molecular complexity index is 2910. The van der Waals surface area contributed by atoms with Crippen LogP contribution in [0.2, 0.25) is 0 Å². The Morgan fingerprint density at radius 2 is 1.43 bits per heavy atom. The molecule has 3 heterocycles. The summed E-state index contributed by atoms with van der Waals surface area (Å²) in [5.74, 6) is 1.22. The van der Waals surface area contributed by atoms with Crippen LogP contribution in [0, 0.1) is 0 Å². The number of rotatable bonds is 4. The standard InChI is InChI=1S/C49H38N4/c1-49(2)38-24-14-12-23-36(38)43-39(49)28-26-37-44-41(52(47(37)43)33-20-10-5-11-21-33)29-27-35-34-22-13-15-25-40(34)53(46(35)44)42-30-50-48(32-18-8-4-9-19-32)51-45(42)31-16-6-3-7-17-31/h3-16,18-22,24-31,36H,17,23H2,1-2H3/t31-,36?/m0/s1. The molecule has 3 aliphatic carbocycles. The van der Waals surface area contributed by atoms with Crippen LogP contribution in [-0.2, 0) is 5.41 Å². The molecular formula is C49H38N4. The predicted molar refractivity (Wildman–Crippen MR) is 219 cm³/mol. The third-order valence-electron chi connectivity index (χ3n) is 12.1. The molecule has 0 aliphatic heterocycles. The van der Waals surface area contributed by atoms with Gasteiger partial charge < -0.3 is 9.13 Å². The van der Waals surface area contributed by atoms with Crippen LogP contribution in [0.3, 0.4) is 0 Å². The van der Waals surface area contributed by atoms with Crippen LogP contribution in [0.1, 0.15) is 55.3 Å². The van der Waals surface area contributed by atoms with Crippen molar-refractivity contribution < 1.29 is 0 Å². The Labute approximate surface area is 308 Å². The minimum atomic E-state index is -0.0458. The zero-order valence-corrected chi connectivity index (χ0v) is 29.9. The lowest BCUT2D eigenvalue weighted by molar-refractivity contribution is 0.612. The molecule has 8 aromatic rings. The summed E-state index contributed by atoms with van der Waals surface area (Å²) >= 11 is 0. The van der Waals surface area contributed by atoms with Gasteiger partial charge in [0.2, 0.25) is 0 Å². The lowest BCUT2D eigenvalue weighted by atomic mass is 9.79. The van der Waals surface area contributed by atoms with Gasteiger partial charge in [-0.3, -0.25) is 0 Å². The maximum absolute atomic E-state index is 5.40. The lowest BCUT2D eigenvalue weighted by Gasteiger charge is -2.25. The second-order valence-electron chi connectivity index (χ2n) is 15.3. The van der Waals surface area contributed by atoms with Gasteiger partial charge in [0.15, 0.2) is 5.82 Å². The van der Waals surface area contributed by atoms with E-state index in [0.29, 0.717) is 5.92 Å². The van der Waals surface area contributed by atoms with Gasteiger partial charge in [-0.15, -0.1) is 0 Å². The molecule has 3 aliphatic rings. The van der Waals surface area contributed by atoms with E-state index in [-0.39, 0.29) is 11.3 Å². The maximum Gasteiger partial charge on any atom is 0.159 e. The second kappa shape index (κ2) is 11.4. The predicted octanol–water partition coefficient (Wildman–Crippen LogP) is 12.2. The van der Waals surface area contributed by atoms with Crippen molar-refractivity contribution in [3.05, 3.63) is 180 Å². The summed E-state index contributed by atoms with van der Waals surface area (Å²) in [6, 6.07) is 39.7. The molecule has 11 rings (SSSR count). The van der Waals surface area contributed by atoms with Crippen LogP contribution >= 0.6 is 0 Å². The highest BCUT2D eigenvalue weighted by Crippen LogP contribution is 2.56. The molecule has 4 nitrogen and oxygen atoms in total. The molecule has 0 N–H and O–H groups in total. The number of hydrogen-bond acceptors (Lipinski definition) is 2. The number of allylic oxidation sites excluding steroid dienone is 8. The van der Waals surface area contributed by atoms with Gasteiger partial charge in [-0.25, -0.2) is 9.97 Å². The highest BCUT2D eigenvalue weighted by Gasteiger charge is 2.43. The molecule has 5 aromatic carbocycles. The molecule has 0 spiro atoms. The molecule has 1 unspecified atom stereocenters. The third kappa shape index (κ3) is 4.29. The number of nitrogens with zero attached hydrogens (tertiary/aromatic N) is 4. The van der Waals surface area contributed by atoms with Crippen molar-refractivity contribution in [2.45, 2.75) is 43.9 Å². The summed E-state index contributed by atoms with van der Waals surface area (Å²) < 4.78 is 5.02. The summed E-state index contributed by atoms with van der Waals surface area (Å²) in [5.41, 5.74) is 13.5. The van der Waals surface area contributed by atoms with Crippen LogP contribution in [0.5, 0.6) is 0 Å². The molecule has 0 radical (unpaired) electrons. The van der Waals surface area contributed by atoms with Crippen LogP contribution in [0.4, 0.5) is 0 Å². The molecular weight excluding hydrogens is 645 g/mol. The van der Waals surface area contributed by atoms with Crippen molar-refractivity contribution >= 4 is 43.6 Å². The van der Waals surface area contributed by atoms with Gasteiger partial charge in [0.25, 0.3) is 0 Å². The molecule has 0 saturated heterocycles. The fourth-order valence-corrected chi connectivity index (χ4v) is 9.71. The SMILES string of the molecule is CC1(C)C2=CC=CCC2c2c1ccc1c3c(ccc4c5ccccc5n(-c5cnc(-c6ccccc6)nc5[C@H]5C=CC=CC5)c43)n(-c3ccccc3)c21. The number of aromatic nitrogens is 4. The summed E-state index contributed by atoms with van der Waals surface area (Å²) in [7, 11) is 0. The first-order chi connectivity index (χ1) is 26.1. The van der Waals surface area contributed by atoms with E-state index in [1.54, 1.807) is 0 Å². The largest absolute Gasteiger partial charge is 0.309 e. The van der Waals surface area contributed by atoms with Crippen LogP contribution in [0.15, 0.2) is 163 Å². The molecule has 0 fully saturated rings. The molecule has 0 amide bonds. The van der Waals surface area contributed by atoms with E-state index in [1.807, 2.05) is 6.07 Å². The van der Waals surface area contributed by atoms with Crippen molar-refractivity contribution in [3.63, 3.8) is 0 Å². The van der Waals surface area contributed by atoms with E-state index in [1.165, 1.54) is 60.5 Å². The van der Waals surface area contributed by atoms with Gasteiger partial charge in [0, 0.05) is 50.0 Å². The Hall–Kier alpha value is -6.26. The zero-order chi connectivity index (χ0) is 35.3. The number of para-hydroxylation sites is 2. The fraction of sp³-hybridized carbons (Fsp3) is 0.143. The number of benzene rings is 5. The first-order valence-electron chi connectivity index (χ1n) is 18.8. The quantitative estimate of drug-likeness (QED) is 0.185. The van der Waals surface area contributed by atoms with Gasteiger partial charge >= 0.3 is 0 Å². The Balaban J connectivity index is 1.31. The minimum absolute atomic E-state index is 0.0458. The molecule has 254 valence electrons. The first-order valence-corrected chi connectivity index (χ1v) is 18.8. The van der Waals surface area contributed by atoms with Crippen molar-refractivity contribution in [1.29, 1.82) is 0 Å². The summed E-state index contributed by atoms with van der Waals surface area (Å²) in [4.78, 5) is 10.5. The highest BCUT2D eigenvalue weighted by molar-refractivity contribution is 6.26. The Morgan fingerprint density at radius 1 is 0.660 bits per heavy atom. The van der Waals surface area contributed by atoms with Crippen molar-refractivity contribution in [2.75, 3.05) is 0 Å². The van der Waals surface area contributed by atoms with Crippen LogP contribution < -0.4 is 0 Å². The van der Waals surface area contributed by atoms with Gasteiger partial charge in [-0.1, -0.05) is 147 Å². The lowest BCUT2D eigenvalue weighted by Crippen LogP contribution is -2.17.